The summed E-state index contributed by atoms with van der Waals surface area (Å²) >= 11 is 1.72. The Kier molecular flexibility index (Phi) is 7.58. The lowest BCUT2D eigenvalue weighted by Gasteiger charge is -2.38. The van der Waals surface area contributed by atoms with Crippen molar-refractivity contribution in [3.63, 3.8) is 0 Å². The minimum absolute atomic E-state index is 0.0131. The third kappa shape index (κ3) is 5.25. The quantitative estimate of drug-likeness (QED) is 0.196. The van der Waals surface area contributed by atoms with Gasteiger partial charge in [0.1, 0.15) is 10.6 Å². The van der Waals surface area contributed by atoms with Gasteiger partial charge < -0.3 is 20.0 Å². The van der Waals surface area contributed by atoms with Crippen molar-refractivity contribution >= 4 is 33.2 Å². The summed E-state index contributed by atoms with van der Waals surface area (Å²) in [5.41, 5.74) is 6.53. The van der Waals surface area contributed by atoms with Gasteiger partial charge in [0.2, 0.25) is 5.91 Å². The molecule has 2 aliphatic heterocycles. The van der Waals surface area contributed by atoms with Crippen molar-refractivity contribution in [3.8, 4) is 11.3 Å². The van der Waals surface area contributed by atoms with Crippen LogP contribution in [0.5, 0.6) is 0 Å². The standard InChI is InChI=1S/C36H44N4O3S/c1-20-10-21(2)12-25(11-20)32-30(22(3)14-38-34(42)26-17-40(18-26)16-23-8-9-43-19-23)27-13-29(44-35(27)39-32)36(4,5)33(41)31-24-6-7-28(31)37-15-24/h8-13,19,22,24,26,28,31,37,39H,6-7,14-18H2,1-5H3,(H,38,42)/t22-,24?,28?,31?/m1/s1. The zero-order chi connectivity index (χ0) is 30.7. The highest BCUT2D eigenvalue weighted by Crippen LogP contribution is 2.46. The number of benzene rings is 1. The smallest absolute Gasteiger partial charge is 0.225 e. The maximum Gasteiger partial charge on any atom is 0.225 e. The monoisotopic (exact) mass is 612 g/mol. The molecule has 3 aliphatic rings. The number of hydrogen-bond acceptors (Lipinski definition) is 6. The first-order valence-electron chi connectivity index (χ1n) is 16.1. The first kappa shape index (κ1) is 29.5. The van der Waals surface area contributed by atoms with Crippen LogP contribution in [0.25, 0.3) is 21.5 Å². The van der Waals surface area contributed by atoms with E-state index in [0.717, 1.165) is 60.0 Å². The molecule has 7 nitrogen and oxygen atoms in total. The van der Waals surface area contributed by atoms with Crippen molar-refractivity contribution in [2.75, 3.05) is 26.2 Å². The van der Waals surface area contributed by atoms with E-state index in [4.69, 9.17) is 4.42 Å². The first-order valence-corrected chi connectivity index (χ1v) is 16.9. The zero-order valence-electron chi connectivity index (χ0n) is 26.5. The lowest BCUT2D eigenvalue weighted by atomic mass is 9.76. The molecule has 2 saturated heterocycles. The number of aryl methyl sites for hydroxylation is 2. The van der Waals surface area contributed by atoms with Crippen LogP contribution >= 0.6 is 11.3 Å². The summed E-state index contributed by atoms with van der Waals surface area (Å²) in [4.78, 5) is 35.4. The number of carbonyl (C=O) groups excluding carboxylic acids is 2. The number of likely N-dealkylation sites (tertiary alicyclic amines) is 1. The second-order valence-electron chi connectivity index (χ2n) is 14.2. The molecule has 232 valence electrons. The molecule has 0 radical (unpaired) electrons. The molecule has 3 fully saturated rings. The van der Waals surface area contributed by atoms with Gasteiger partial charge in [-0.1, -0.05) is 24.1 Å². The van der Waals surface area contributed by atoms with Crippen LogP contribution in [0, 0.1) is 31.6 Å². The van der Waals surface area contributed by atoms with Crippen LogP contribution in [0.4, 0.5) is 0 Å². The molecule has 5 heterocycles. The highest BCUT2D eigenvalue weighted by Gasteiger charge is 2.50. The minimum atomic E-state index is -0.552. The number of hydrogen-bond donors (Lipinski definition) is 3. The Labute approximate surface area is 263 Å². The molecule has 1 saturated carbocycles. The van der Waals surface area contributed by atoms with Crippen LogP contribution in [0.1, 0.15) is 66.7 Å². The fourth-order valence-electron chi connectivity index (χ4n) is 7.95. The van der Waals surface area contributed by atoms with Gasteiger partial charge in [-0.3, -0.25) is 14.5 Å². The third-order valence-electron chi connectivity index (χ3n) is 10.4. The van der Waals surface area contributed by atoms with Crippen LogP contribution in [0.3, 0.4) is 0 Å². The van der Waals surface area contributed by atoms with Crippen LogP contribution in [-0.4, -0.2) is 53.8 Å². The first-order chi connectivity index (χ1) is 21.1. The number of Topliss-reactive ketones (excluding diaryl/α,β-unsaturated/α-hetero) is 1. The average Bonchev–Trinajstić information content (AvgIpc) is 3.79. The molecule has 1 aromatic carbocycles. The number of amides is 1. The van der Waals surface area contributed by atoms with Crippen molar-refractivity contribution < 1.29 is 14.0 Å². The predicted molar refractivity (Wildman–Crippen MR) is 176 cm³/mol. The number of piperidine rings is 1. The van der Waals surface area contributed by atoms with Gasteiger partial charge in [-0.05, 0) is 88.4 Å². The number of rotatable bonds is 10. The Balaban J connectivity index is 1.13. The van der Waals surface area contributed by atoms with E-state index in [9.17, 15) is 9.59 Å². The van der Waals surface area contributed by atoms with Crippen molar-refractivity contribution in [1.29, 1.82) is 0 Å². The van der Waals surface area contributed by atoms with Gasteiger partial charge in [-0.2, -0.15) is 0 Å². The van der Waals surface area contributed by atoms with Gasteiger partial charge in [0.05, 0.1) is 29.6 Å². The molecular weight excluding hydrogens is 568 g/mol. The van der Waals surface area contributed by atoms with Crippen LogP contribution in [0.2, 0.25) is 0 Å². The van der Waals surface area contributed by atoms with E-state index >= 15 is 0 Å². The van der Waals surface area contributed by atoms with E-state index in [2.05, 4.69) is 79.4 Å². The number of furan rings is 1. The Bertz CT molecular complexity index is 1650. The summed E-state index contributed by atoms with van der Waals surface area (Å²) in [5, 5.41) is 8.02. The average molecular weight is 613 g/mol. The maximum absolute atomic E-state index is 14.0. The largest absolute Gasteiger partial charge is 0.472 e. The number of H-pyrrole nitrogens is 1. The SMILES string of the molecule is Cc1cc(C)cc(-c2[nH]c3sc(C(C)(C)C(=O)C4C5CCC4NC5)cc3c2[C@H](C)CNC(=O)C2CN(Cc3ccoc3)C2)c1. The molecule has 3 N–H and O–H groups in total. The van der Waals surface area contributed by atoms with Crippen LogP contribution in [-0.2, 0) is 21.5 Å². The molecule has 4 aromatic rings. The van der Waals surface area contributed by atoms with Gasteiger partial charge in [-0.25, -0.2) is 0 Å². The van der Waals surface area contributed by atoms with E-state index in [1.54, 1.807) is 23.9 Å². The Morgan fingerprint density at radius 1 is 1.14 bits per heavy atom. The second-order valence-corrected chi connectivity index (χ2v) is 15.2. The molecule has 0 spiro atoms. The third-order valence-corrected chi connectivity index (χ3v) is 11.8. The summed E-state index contributed by atoms with van der Waals surface area (Å²) in [6, 6.07) is 11.2. The molecule has 4 atom stereocenters. The Hall–Kier alpha value is -3.20. The van der Waals surface area contributed by atoms with Crippen LogP contribution in [0.15, 0.2) is 47.3 Å². The van der Waals surface area contributed by atoms with Gasteiger partial charge in [0.25, 0.3) is 0 Å². The number of nitrogens with zero attached hydrogens (tertiary/aromatic N) is 1. The molecule has 1 aliphatic carbocycles. The summed E-state index contributed by atoms with van der Waals surface area (Å²) in [7, 11) is 0. The predicted octanol–water partition coefficient (Wildman–Crippen LogP) is 6.30. The van der Waals surface area contributed by atoms with Crippen molar-refractivity contribution in [1.82, 2.24) is 20.5 Å². The van der Waals surface area contributed by atoms with E-state index in [-0.39, 0.29) is 23.7 Å². The number of aromatic amines is 1. The van der Waals surface area contributed by atoms with Gasteiger partial charge in [0.15, 0.2) is 0 Å². The molecule has 1 amide bonds. The molecule has 8 heteroatoms. The van der Waals surface area contributed by atoms with Gasteiger partial charge >= 0.3 is 0 Å². The Morgan fingerprint density at radius 3 is 2.55 bits per heavy atom. The Morgan fingerprint density at radius 2 is 1.91 bits per heavy atom. The molecular formula is C36H44N4O3S. The molecule has 44 heavy (non-hydrogen) atoms. The maximum atomic E-state index is 14.0. The van der Waals surface area contributed by atoms with E-state index in [0.29, 0.717) is 24.3 Å². The number of carbonyl (C=O) groups is 2. The highest BCUT2D eigenvalue weighted by molar-refractivity contribution is 7.19. The van der Waals surface area contributed by atoms with Crippen LogP contribution < -0.4 is 10.6 Å². The molecule has 7 rings (SSSR count). The number of nitrogens with one attached hydrogen (secondary N) is 3. The number of ketones is 1. The zero-order valence-corrected chi connectivity index (χ0v) is 27.3. The number of thiophene rings is 1. The lowest BCUT2D eigenvalue weighted by molar-refractivity contribution is -0.130. The topological polar surface area (TPSA) is 90.4 Å². The van der Waals surface area contributed by atoms with E-state index in [1.165, 1.54) is 27.6 Å². The molecule has 2 bridgehead atoms. The summed E-state index contributed by atoms with van der Waals surface area (Å²) in [5.74, 6) is 1.18. The summed E-state index contributed by atoms with van der Waals surface area (Å²) in [6.45, 7) is 14.6. The fourth-order valence-corrected chi connectivity index (χ4v) is 9.13. The highest BCUT2D eigenvalue weighted by atomic mass is 32.1. The van der Waals surface area contributed by atoms with Crippen molar-refractivity contribution in [2.24, 2.45) is 17.8 Å². The lowest BCUT2D eigenvalue weighted by Crippen LogP contribution is -2.53. The normalized spacial score (nSPS) is 22.9. The van der Waals surface area contributed by atoms with E-state index < -0.39 is 5.41 Å². The minimum Gasteiger partial charge on any atom is -0.472 e. The fraction of sp³-hybridized carbons (Fsp3) is 0.500. The second kappa shape index (κ2) is 11.3. The number of aromatic nitrogens is 1. The summed E-state index contributed by atoms with van der Waals surface area (Å²) < 4.78 is 5.18. The molecule has 3 aromatic heterocycles. The van der Waals surface area contributed by atoms with Crippen molar-refractivity contribution in [3.05, 3.63) is 70.0 Å². The number of fused-ring (bicyclic) bond motifs is 3. The van der Waals surface area contributed by atoms with Gasteiger partial charge in [-0.15, -0.1) is 11.3 Å². The van der Waals surface area contributed by atoms with E-state index in [1.807, 2.05) is 6.07 Å². The summed E-state index contributed by atoms with van der Waals surface area (Å²) in [6.07, 6.45) is 5.73. The van der Waals surface area contributed by atoms with Crippen molar-refractivity contribution in [2.45, 2.75) is 71.4 Å². The molecule has 3 unspecified atom stereocenters. The van der Waals surface area contributed by atoms with Gasteiger partial charge in [0, 0.05) is 59.9 Å².